The first-order valence-electron chi connectivity index (χ1n) is 6.29. The second-order valence-corrected chi connectivity index (χ2v) is 6.09. The van der Waals surface area contributed by atoms with Crippen LogP contribution in [0.25, 0.3) is 0 Å². The third-order valence-corrected chi connectivity index (χ3v) is 3.51. The van der Waals surface area contributed by atoms with Gasteiger partial charge in [-0.25, -0.2) is 0 Å². The van der Waals surface area contributed by atoms with Crippen molar-refractivity contribution in [2.75, 3.05) is 11.9 Å². The predicted molar refractivity (Wildman–Crippen MR) is 86.7 cm³/mol. The Bertz CT molecular complexity index is 506. The van der Waals surface area contributed by atoms with Crippen LogP contribution in [0, 0.1) is 19.6 Å². The molecule has 0 aliphatic heterocycles. The minimum absolute atomic E-state index is 0.0388. The number of hydrogen-bond acceptors (Lipinski definition) is 4. The van der Waals surface area contributed by atoms with Gasteiger partial charge in [0.2, 0.25) is 5.91 Å². The van der Waals surface area contributed by atoms with Gasteiger partial charge in [0.1, 0.15) is 6.04 Å². The monoisotopic (exact) mass is 391 g/mol. The molecule has 20 heavy (non-hydrogen) atoms. The second-order valence-electron chi connectivity index (χ2n) is 4.93. The molecule has 0 spiro atoms. The molecular formula is C13H18IN3O3. The molecule has 110 valence electrons. The largest absolute Gasteiger partial charge is 0.373 e. The molecule has 0 bridgehead atoms. The Labute approximate surface area is 131 Å². The highest BCUT2D eigenvalue weighted by Crippen LogP contribution is 2.24. The van der Waals surface area contributed by atoms with Gasteiger partial charge >= 0.3 is 0 Å². The fourth-order valence-electron chi connectivity index (χ4n) is 1.49. The first-order valence-corrected chi connectivity index (χ1v) is 7.37. The van der Waals surface area contributed by atoms with E-state index in [-0.39, 0.29) is 11.6 Å². The molecule has 1 atom stereocenters. The number of anilines is 1. The van der Waals surface area contributed by atoms with Crippen LogP contribution < -0.4 is 10.6 Å². The summed E-state index contributed by atoms with van der Waals surface area (Å²) in [6.45, 7) is 6.44. The molecule has 7 heteroatoms. The fourth-order valence-corrected chi connectivity index (χ4v) is 2.15. The molecule has 1 unspecified atom stereocenters. The van der Waals surface area contributed by atoms with E-state index in [2.05, 4.69) is 10.6 Å². The Morgan fingerprint density at radius 3 is 2.55 bits per heavy atom. The normalized spacial score (nSPS) is 12.1. The number of halogens is 1. The van der Waals surface area contributed by atoms with Gasteiger partial charge in [-0.3, -0.25) is 14.9 Å². The van der Waals surface area contributed by atoms with Crippen LogP contribution in [0.5, 0.6) is 0 Å². The van der Waals surface area contributed by atoms with E-state index in [0.29, 0.717) is 21.7 Å². The zero-order valence-corrected chi connectivity index (χ0v) is 13.8. The summed E-state index contributed by atoms with van der Waals surface area (Å²) in [6, 6.07) is 4.11. The van der Waals surface area contributed by atoms with Crippen LogP contribution in [-0.2, 0) is 4.79 Å². The Balaban J connectivity index is 2.68. The zero-order chi connectivity index (χ0) is 15.3. The van der Waals surface area contributed by atoms with Crippen molar-refractivity contribution in [3.05, 3.63) is 31.9 Å². The number of hydrogen-bond donors (Lipinski definition) is 2. The molecule has 0 aliphatic carbocycles. The molecule has 0 radical (unpaired) electrons. The molecule has 1 aromatic rings. The Kier molecular flexibility index (Phi) is 6.18. The van der Waals surface area contributed by atoms with E-state index in [1.165, 1.54) is 12.1 Å². The minimum atomic E-state index is -0.440. The van der Waals surface area contributed by atoms with Crippen LogP contribution in [0.15, 0.2) is 18.2 Å². The second kappa shape index (κ2) is 7.41. The van der Waals surface area contributed by atoms with Gasteiger partial charge in [-0.15, -0.1) is 0 Å². The van der Waals surface area contributed by atoms with Crippen molar-refractivity contribution in [1.82, 2.24) is 5.32 Å². The summed E-state index contributed by atoms with van der Waals surface area (Å²) >= 11 is 2.01. The molecule has 0 saturated heterocycles. The van der Waals surface area contributed by atoms with Crippen molar-refractivity contribution in [3.8, 4) is 0 Å². The maximum absolute atomic E-state index is 11.9. The summed E-state index contributed by atoms with van der Waals surface area (Å²) in [4.78, 5) is 22.1. The number of nitrogens with zero attached hydrogens (tertiary/aromatic N) is 1. The number of nitro groups is 1. The molecule has 2 N–H and O–H groups in total. The van der Waals surface area contributed by atoms with Crippen molar-refractivity contribution in [1.29, 1.82) is 0 Å². The molecule has 6 nitrogen and oxygen atoms in total. The lowest BCUT2D eigenvalue weighted by Gasteiger charge is -2.17. The third-order valence-electron chi connectivity index (χ3n) is 2.61. The lowest BCUT2D eigenvalue weighted by Crippen LogP contribution is -2.39. The van der Waals surface area contributed by atoms with Crippen molar-refractivity contribution in [2.45, 2.75) is 26.8 Å². The lowest BCUT2D eigenvalue weighted by molar-refractivity contribution is -0.384. The van der Waals surface area contributed by atoms with Crippen LogP contribution in [0.1, 0.15) is 20.8 Å². The molecule has 1 aromatic carbocycles. The van der Waals surface area contributed by atoms with Gasteiger partial charge < -0.3 is 10.6 Å². The van der Waals surface area contributed by atoms with Gasteiger partial charge in [-0.05, 0) is 41.5 Å². The maximum Gasteiger partial charge on any atom is 0.270 e. The van der Waals surface area contributed by atoms with E-state index in [1.807, 2.05) is 36.4 Å². The summed E-state index contributed by atoms with van der Waals surface area (Å²) in [5, 5.41) is 16.6. The molecule has 0 fully saturated rings. The molecule has 1 amide bonds. The average Bonchev–Trinajstić information content (AvgIpc) is 2.37. The number of amides is 1. The van der Waals surface area contributed by atoms with Crippen LogP contribution in [0.2, 0.25) is 0 Å². The third kappa shape index (κ3) is 4.95. The molecule has 1 rings (SSSR count). The van der Waals surface area contributed by atoms with Crippen LogP contribution >= 0.6 is 22.6 Å². The molecule has 0 saturated carbocycles. The Morgan fingerprint density at radius 1 is 1.40 bits per heavy atom. The number of nitrogens with one attached hydrogen (secondary N) is 2. The molecule has 0 aromatic heterocycles. The van der Waals surface area contributed by atoms with Gasteiger partial charge in [0, 0.05) is 27.9 Å². The quantitative estimate of drug-likeness (QED) is 0.444. The molecular weight excluding hydrogens is 373 g/mol. The zero-order valence-electron chi connectivity index (χ0n) is 11.6. The van der Waals surface area contributed by atoms with Gasteiger partial charge in [-0.1, -0.05) is 13.8 Å². The highest BCUT2D eigenvalue weighted by atomic mass is 127. The van der Waals surface area contributed by atoms with Crippen molar-refractivity contribution in [3.63, 3.8) is 0 Å². The van der Waals surface area contributed by atoms with Gasteiger partial charge in [0.05, 0.1) is 4.92 Å². The lowest BCUT2D eigenvalue weighted by atomic mass is 10.2. The van der Waals surface area contributed by atoms with E-state index in [1.54, 1.807) is 13.0 Å². The highest BCUT2D eigenvalue weighted by molar-refractivity contribution is 14.1. The fraction of sp³-hybridized carbons (Fsp3) is 0.462. The minimum Gasteiger partial charge on any atom is -0.373 e. The Hall–Kier alpha value is -1.38. The number of non-ortho nitro benzene ring substituents is 1. The van der Waals surface area contributed by atoms with E-state index < -0.39 is 11.0 Å². The summed E-state index contributed by atoms with van der Waals surface area (Å²) < 4.78 is 0.709. The van der Waals surface area contributed by atoms with Crippen molar-refractivity contribution >= 4 is 39.9 Å². The van der Waals surface area contributed by atoms with E-state index in [4.69, 9.17) is 0 Å². The summed E-state index contributed by atoms with van der Waals surface area (Å²) in [5.41, 5.74) is 0.750. The maximum atomic E-state index is 11.9. The van der Waals surface area contributed by atoms with E-state index >= 15 is 0 Å². The number of nitro benzene ring substituents is 1. The average molecular weight is 391 g/mol. The SMILES string of the molecule is CC(C)CNC(=O)C(C)Nc1ccc([N+](=O)[O-])cc1I. The standard InChI is InChI=1S/C13H18IN3O3/c1-8(2)7-15-13(18)9(3)16-12-5-4-10(17(19)20)6-11(12)14/h4-6,8-9,16H,7H2,1-3H3,(H,15,18). The summed E-state index contributed by atoms with van der Waals surface area (Å²) in [6.07, 6.45) is 0. The van der Waals surface area contributed by atoms with Crippen LogP contribution in [0.4, 0.5) is 11.4 Å². The number of carbonyl (C=O) groups excluding carboxylic acids is 1. The van der Waals surface area contributed by atoms with Gasteiger partial charge in [0.15, 0.2) is 0 Å². The van der Waals surface area contributed by atoms with Gasteiger partial charge in [-0.2, -0.15) is 0 Å². The first kappa shape index (κ1) is 16.7. The van der Waals surface area contributed by atoms with E-state index in [0.717, 1.165) is 0 Å². The summed E-state index contributed by atoms with van der Waals surface area (Å²) in [7, 11) is 0. The van der Waals surface area contributed by atoms with E-state index in [9.17, 15) is 14.9 Å². The topological polar surface area (TPSA) is 84.3 Å². The number of benzene rings is 1. The Morgan fingerprint density at radius 2 is 2.05 bits per heavy atom. The summed E-state index contributed by atoms with van der Waals surface area (Å²) in [5.74, 6) is 0.304. The first-order chi connectivity index (χ1) is 9.31. The van der Waals surface area contributed by atoms with Crippen LogP contribution in [0.3, 0.4) is 0 Å². The van der Waals surface area contributed by atoms with Crippen molar-refractivity contribution in [2.24, 2.45) is 5.92 Å². The molecule has 0 heterocycles. The number of rotatable bonds is 6. The molecule has 0 aliphatic rings. The van der Waals surface area contributed by atoms with Crippen LogP contribution in [-0.4, -0.2) is 23.4 Å². The highest BCUT2D eigenvalue weighted by Gasteiger charge is 2.15. The number of carbonyl (C=O) groups is 1. The van der Waals surface area contributed by atoms with Crippen molar-refractivity contribution < 1.29 is 9.72 Å². The van der Waals surface area contributed by atoms with Gasteiger partial charge in [0.25, 0.3) is 5.69 Å². The smallest absolute Gasteiger partial charge is 0.270 e. The predicted octanol–water partition coefficient (Wildman–Crippen LogP) is 2.77.